The summed E-state index contributed by atoms with van der Waals surface area (Å²) in [5.41, 5.74) is 0.885. The van der Waals surface area contributed by atoms with Crippen molar-refractivity contribution in [3.63, 3.8) is 0 Å². The van der Waals surface area contributed by atoms with Crippen LogP contribution in [0.15, 0.2) is 24.3 Å². The molecule has 0 fully saturated rings. The van der Waals surface area contributed by atoms with Crippen LogP contribution in [0.2, 0.25) is 25.7 Å². The number of benzene rings is 1. The molecule has 19 heavy (non-hydrogen) atoms. The standard InChI is InChI=1S/C16H28O2Si/c1-16(2,11-12-19(4,5)6)15(17)13-7-9-14(18-3)10-8-13/h7-10,15,17H,11-12H2,1-6H3. The number of hydrogen-bond acceptors (Lipinski definition) is 2. The molecule has 0 bridgehead atoms. The van der Waals surface area contributed by atoms with Crippen molar-refractivity contribution in [1.29, 1.82) is 0 Å². The maximum Gasteiger partial charge on any atom is 0.118 e. The maximum absolute atomic E-state index is 10.6. The molecule has 1 rings (SSSR count). The Bertz CT molecular complexity index is 390. The van der Waals surface area contributed by atoms with Crippen LogP contribution in [-0.2, 0) is 0 Å². The zero-order chi connectivity index (χ0) is 14.7. The van der Waals surface area contributed by atoms with E-state index in [-0.39, 0.29) is 5.41 Å². The summed E-state index contributed by atoms with van der Waals surface area (Å²) in [4.78, 5) is 0. The van der Waals surface area contributed by atoms with Gasteiger partial charge in [-0.25, -0.2) is 0 Å². The van der Waals surface area contributed by atoms with Crippen molar-refractivity contribution in [3.05, 3.63) is 29.8 Å². The summed E-state index contributed by atoms with van der Waals surface area (Å²) in [6.07, 6.45) is 0.644. The largest absolute Gasteiger partial charge is 0.497 e. The highest BCUT2D eigenvalue weighted by Crippen LogP contribution is 2.39. The molecule has 1 N–H and O–H groups in total. The topological polar surface area (TPSA) is 29.5 Å². The van der Waals surface area contributed by atoms with Crippen molar-refractivity contribution in [1.82, 2.24) is 0 Å². The van der Waals surface area contributed by atoms with Gasteiger partial charge in [0.15, 0.2) is 0 Å². The molecule has 0 aromatic heterocycles. The second-order valence-electron chi connectivity index (χ2n) is 7.22. The average Bonchev–Trinajstić information content (AvgIpc) is 2.35. The van der Waals surface area contributed by atoms with Crippen LogP contribution in [0.25, 0.3) is 0 Å². The first kappa shape index (κ1) is 16.3. The fourth-order valence-corrected chi connectivity index (χ4v) is 3.47. The summed E-state index contributed by atoms with van der Waals surface area (Å²) in [5, 5.41) is 10.6. The van der Waals surface area contributed by atoms with E-state index in [1.165, 1.54) is 6.04 Å². The summed E-state index contributed by atoms with van der Waals surface area (Å²) in [6.45, 7) is 11.4. The first-order valence-corrected chi connectivity index (χ1v) is 10.7. The summed E-state index contributed by atoms with van der Waals surface area (Å²) in [6, 6.07) is 8.98. The Hall–Kier alpha value is -0.803. The van der Waals surface area contributed by atoms with Gasteiger partial charge in [-0.2, -0.15) is 0 Å². The van der Waals surface area contributed by atoms with Gasteiger partial charge in [0.2, 0.25) is 0 Å². The molecule has 0 amide bonds. The molecule has 0 spiro atoms. The van der Waals surface area contributed by atoms with Crippen LogP contribution in [0.5, 0.6) is 5.75 Å². The zero-order valence-corrected chi connectivity index (χ0v) is 14.2. The van der Waals surface area contributed by atoms with E-state index in [1.807, 2.05) is 24.3 Å². The van der Waals surface area contributed by atoms with Crippen LogP contribution in [0, 0.1) is 5.41 Å². The molecular formula is C16H28O2Si. The Balaban J connectivity index is 2.75. The molecule has 0 radical (unpaired) electrons. The summed E-state index contributed by atoms with van der Waals surface area (Å²) in [5.74, 6) is 0.829. The molecule has 0 heterocycles. The van der Waals surface area contributed by atoms with Gasteiger partial charge >= 0.3 is 0 Å². The van der Waals surface area contributed by atoms with Gasteiger partial charge in [0.25, 0.3) is 0 Å². The van der Waals surface area contributed by atoms with Crippen LogP contribution in [0.1, 0.15) is 31.9 Å². The number of hydrogen-bond donors (Lipinski definition) is 1. The zero-order valence-electron chi connectivity index (χ0n) is 13.2. The van der Waals surface area contributed by atoms with Gasteiger partial charge in [-0.3, -0.25) is 0 Å². The predicted molar refractivity (Wildman–Crippen MR) is 84.5 cm³/mol. The number of ether oxygens (including phenoxy) is 1. The Morgan fingerprint density at radius 2 is 1.68 bits per heavy atom. The minimum Gasteiger partial charge on any atom is -0.497 e. The van der Waals surface area contributed by atoms with E-state index in [1.54, 1.807) is 7.11 Å². The third kappa shape index (κ3) is 5.00. The van der Waals surface area contributed by atoms with E-state index in [9.17, 15) is 5.11 Å². The van der Waals surface area contributed by atoms with Crippen LogP contribution in [0.3, 0.4) is 0 Å². The number of rotatable bonds is 6. The summed E-state index contributed by atoms with van der Waals surface area (Å²) >= 11 is 0. The van der Waals surface area contributed by atoms with Gasteiger partial charge < -0.3 is 9.84 Å². The lowest BCUT2D eigenvalue weighted by molar-refractivity contribution is 0.0463. The van der Waals surface area contributed by atoms with Crippen molar-refractivity contribution >= 4 is 8.07 Å². The van der Waals surface area contributed by atoms with Crippen molar-refractivity contribution in [2.24, 2.45) is 5.41 Å². The highest BCUT2D eigenvalue weighted by Gasteiger charge is 2.30. The minimum absolute atomic E-state index is 0.0884. The van der Waals surface area contributed by atoms with E-state index >= 15 is 0 Å². The van der Waals surface area contributed by atoms with Gasteiger partial charge in [0.1, 0.15) is 5.75 Å². The SMILES string of the molecule is COc1ccc(C(O)C(C)(C)CC[Si](C)(C)C)cc1. The summed E-state index contributed by atoms with van der Waals surface area (Å²) in [7, 11) is 0.596. The molecule has 2 nitrogen and oxygen atoms in total. The molecule has 1 unspecified atom stereocenters. The van der Waals surface area contributed by atoms with Gasteiger partial charge in [-0.1, -0.05) is 51.7 Å². The van der Waals surface area contributed by atoms with Crippen molar-refractivity contribution in [2.45, 2.75) is 52.1 Å². The van der Waals surface area contributed by atoms with Gasteiger partial charge in [-0.05, 0) is 29.5 Å². The van der Waals surface area contributed by atoms with E-state index in [0.29, 0.717) is 0 Å². The van der Waals surface area contributed by atoms with E-state index in [0.717, 1.165) is 17.7 Å². The highest BCUT2D eigenvalue weighted by molar-refractivity contribution is 6.76. The van der Waals surface area contributed by atoms with Gasteiger partial charge in [0.05, 0.1) is 13.2 Å². The van der Waals surface area contributed by atoms with Crippen LogP contribution in [-0.4, -0.2) is 20.3 Å². The minimum atomic E-state index is -1.06. The van der Waals surface area contributed by atoms with Crippen molar-refractivity contribution in [3.8, 4) is 5.75 Å². The lowest BCUT2D eigenvalue weighted by Crippen LogP contribution is -2.27. The number of methoxy groups -OCH3 is 1. The molecular weight excluding hydrogens is 252 g/mol. The Morgan fingerprint density at radius 1 is 1.16 bits per heavy atom. The highest BCUT2D eigenvalue weighted by atomic mass is 28.3. The van der Waals surface area contributed by atoms with Crippen molar-refractivity contribution in [2.75, 3.05) is 7.11 Å². The number of aliphatic hydroxyl groups excluding tert-OH is 1. The molecule has 1 aromatic carbocycles. The third-order valence-corrected chi connectivity index (χ3v) is 5.44. The van der Waals surface area contributed by atoms with Crippen molar-refractivity contribution < 1.29 is 9.84 Å². The molecule has 0 aliphatic rings. The van der Waals surface area contributed by atoms with Crippen LogP contribution >= 0.6 is 0 Å². The Kier molecular flexibility index (Phi) is 5.22. The predicted octanol–water partition coefficient (Wildman–Crippen LogP) is 4.48. The first-order chi connectivity index (χ1) is 8.65. The molecule has 108 valence electrons. The molecule has 0 aliphatic carbocycles. The second-order valence-corrected chi connectivity index (χ2v) is 12.8. The monoisotopic (exact) mass is 280 g/mol. The maximum atomic E-state index is 10.6. The van der Waals surface area contributed by atoms with Gasteiger partial charge in [0, 0.05) is 8.07 Å². The Labute approximate surface area is 118 Å². The fourth-order valence-electron chi connectivity index (χ4n) is 2.07. The normalized spacial score (nSPS) is 14.3. The van der Waals surface area contributed by atoms with Gasteiger partial charge in [-0.15, -0.1) is 0 Å². The molecule has 1 atom stereocenters. The first-order valence-electron chi connectivity index (χ1n) is 6.98. The van der Waals surface area contributed by atoms with Crippen LogP contribution in [0.4, 0.5) is 0 Å². The molecule has 1 aromatic rings. The van der Waals surface area contributed by atoms with E-state index in [2.05, 4.69) is 33.5 Å². The molecule has 0 saturated heterocycles. The molecule has 0 aliphatic heterocycles. The van der Waals surface area contributed by atoms with E-state index < -0.39 is 14.2 Å². The van der Waals surface area contributed by atoms with Crippen LogP contribution < -0.4 is 4.74 Å². The Morgan fingerprint density at radius 3 is 2.11 bits per heavy atom. The summed E-state index contributed by atoms with van der Waals surface area (Å²) < 4.78 is 5.15. The average molecular weight is 280 g/mol. The third-order valence-electron chi connectivity index (χ3n) is 3.69. The quantitative estimate of drug-likeness (QED) is 0.778. The number of aliphatic hydroxyl groups is 1. The molecule has 3 heteroatoms. The molecule has 0 saturated carbocycles. The second kappa shape index (κ2) is 6.10. The smallest absolute Gasteiger partial charge is 0.118 e. The van der Waals surface area contributed by atoms with E-state index in [4.69, 9.17) is 4.74 Å². The lowest BCUT2D eigenvalue weighted by Gasteiger charge is -2.33. The lowest BCUT2D eigenvalue weighted by atomic mass is 9.80. The fraction of sp³-hybridized carbons (Fsp3) is 0.625.